The predicted molar refractivity (Wildman–Crippen MR) is 116 cm³/mol. The topological polar surface area (TPSA) is 39.7 Å². The first-order chi connectivity index (χ1) is 14.2. The summed E-state index contributed by atoms with van der Waals surface area (Å²) in [6.45, 7) is 4.15. The third-order valence-corrected chi connectivity index (χ3v) is 5.45. The molecule has 2 aromatic carbocycles. The average Bonchev–Trinajstić information content (AvgIpc) is 2.80. The van der Waals surface area contributed by atoms with Crippen LogP contribution in [0.1, 0.15) is 15.9 Å². The van der Waals surface area contributed by atoms with E-state index in [1.807, 2.05) is 78.9 Å². The van der Waals surface area contributed by atoms with Crippen LogP contribution in [-0.4, -0.2) is 53.9 Å². The molecule has 4 rings (SSSR count). The Morgan fingerprint density at radius 3 is 2.28 bits per heavy atom. The monoisotopic (exact) mass is 386 g/mol. The minimum atomic E-state index is 0.104. The van der Waals surface area contributed by atoms with E-state index in [2.05, 4.69) is 26.9 Å². The summed E-state index contributed by atoms with van der Waals surface area (Å²) < 4.78 is 0. The first kappa shape index (κ1) is 19.2. The summed E-state index contributed by atoms with van der Waals surface area (Å²) in [5.41, 5.74) is 4.01. The number of hydrogen-bond donors (Lipinski definition) is 0. The third kappa shape index (κ3) is 4.46. The van der Waals surface area contributed by atoms with Gasteiger partial charge in [0.1, 0.15) is 0 Å². The molecule has 5 nitrogen and oxygen atoms in total. The summed E-state index contributed by atoms with van der Waals surface area (Å²) in [5, 5.41) is 0. The highest BCUT2D eigenvalue weighted by atomic mass is 16.2. The molecular formula is C24H26N4O. The molecule has 148 valence electrons. The minimum Gasteiger partial charge on any atom is -0.344 e. The van der Waals surface area contributed by atoms with Crippen LogP contribution in [0.25, 0.3) is 0 Å². The molecule has 1 aromatic heterocycles. The first-order valence-corrected chi connectivity index (χ1v) is 10.0. The fourth-order valence-corrected chi connectivity index (χ4v) is 3.76. The smallest absolute Gasteiger partial charge is 0.256 e. The van der Waals surface area contributed by atoms with Gasteiger partial charge < -0.3 is 9.80 Å². The van der Waals surface area contributed by atoms with Crippen LogP contribution in [0, 0.1) is 0 Å². The zero-order valence-corrected chi connectivity index (χ0v) is 16.7. The number of rotatable bonds is 5. The zero-order chi connectivity index (χ0) is 20.1. The maximum atomic E-state index is 13.3. The molecule has 3 aromatic rings. The van der Waals surface area contributed by atoms with Crippen LogP contribution in [0.2, 0.25) is 0 Å². The normalized spacial score (nSPS) is 14.6. The van der Waals surface area contributed by atoms with Gasteiger partial charge in [0.25, 0.3) is 5.91 Å². The lowest BCUT2D eigenvalue weighted by molar-refractivity contribution is 0.0629. The Hall–Kier alpha value is -3.18. The first-order valence-electron chi connectivity index (χ1n) is 10.0. The number of piperazine rings is 1. The molecule has 1 aliphatic rings. The van der Waals surface area contributed by atoms with Crippen molar-refractivity contribution in [3.8, 4) is 0 Å². The van der Waals surface area contributed by atoms with Crippen molar-refractivity contribution in [1.29, 1.82) is 0 Å². The molecule has 1 fully saturated rings. The molecule has 0 N–H and O–H groups in total. The van der Waals surface area contributed by atoms with Crippen molar-refractivity contribution < 1.29 is 4.79 Å². The summed E-state index contributed by atoms with van der Waals surface area (Å²) >= 11 is 0. The fourth-order valence-electron chi connectivity index (χ4n) is 3.76. The number of nitrogens with zero attached hydrogens (tertiary/aromatic N) is 4. The molecule has 1 amide bonds. The summed E-state index contributed by atoms with van der Waals surface area (Å²) in [7, 11) is 2.01. The molecule has 29 heavy (non-hydrogen) atoms. The van der Waals surface area contributed by atoms with E-state index in [9.17, 15) is 4.79 Å². The van der Waals surface area contributed by atoms with Crippen molar-refractivity contribution in [3.63, 3.8) is 0 Å². The van der Waals surface area contributed by atoms with Gasteiger partial charge in [-0.2, -0.15) is 0 Å². The molecule has 0 atom stereocenters. The number of hydrogen-bond acceptors (Lipinski definition) is 4. The number of pyridine rings is 1. The zero-order valence-electron chi connectivity index (χ0n) is 16.7. The Bertz CT molecular complexity index is 937. The second kappa shape index (κ2) is 8.88. The third-order valence-electron chi connectivity index (χ3n) is 5.45. The lowest BCUT2D eigenvalue weighted by Crippen LogP contribution is -2.48. The van der Waals surface area contributed by atoms with Crippen molar-refractivity contribution in [2.24, 2.45) is 0 Å². The summed E-state index contributed by atoms with van der Waals surface area (Å²) in [4.78, 5) is 23.8. The molecule has 5 heteroatoms. The minimum absolute atomic E-state index is 0.104. The van der Waals surface area contributed by atoms with Gasteiger partial charge in [-0.1, -0.05) is 30.3 Å². The van der Waals surface area contributed by atoms with E-state index in [4.69, 9.17) is 0 Å². The molecule has 2 heterocycles. The number of aromatic nitrogens is 1. The number of benzene rings is 2. The SMILES string of the molecule is CN(c1ccccc1)c1ccccc1C(=O)N1CCN(Cc2ccncc2)CC1. The lowest BCUT2D eigenvalue weighted by Gasteiger charge is -2.35. The van der Waals surface area contributed by atoms with Gasteiger partial charge >= 0.3 is 0 Å². The van der Waals surface area contributed by atoms with Gasteiger partial charge in [-0.05, 0) is 42.0 Å². The summed E-state index contributed by atoms with van der Waals surface area (Å²) in [5.74, 6) is 0.104. The Kier molecular flexibility index (Phi) is 5.86. The van der Waals surface area contributed by atoms with Crippen LogP contribution in [0.3, 0.4) is 0 Å². The van der Waals surface area contributed by atoms with Gasteiger partial charge in [-0.25, -0.2) is 0 Å². The van der Waals surface area contributed by atoms with Crippen molar-refractivity contribution in [2.75, 3.05) is 38.1 Å². The highest BCUT2D eigenvalue weighted by Crippen LogP contribution is 2.28. The van der Waals surface area contributed by atoms with Gasteiger partial charge in [0.05, 0.1) is 11.3 Å². The Balaban J connectivity index is 1.44. The van der Waals surface area contributed by atoms with Crippen LogP contribution < -0.4 is 4.90 Å². The van der Waals surface area contributed by atoms with Gasteiger partial charge in [0.2, 0.25) is 0 Å². The van der Waals surface area contributed by atoms with E-state index in [0.717, 1.165) is 49.7 Å². The molecule has 0 aliphatic carbocycles. The Labute approximate surface area is 172 Å². The van der Waals surface area contributed by atoms with Crippen molar-refractivity contribution in [3.05, 3.63) is 90.3 Å². The van der Waals surface area contributed by atoms with Gasteiger partial charge in [0.15, 0.2) is 0 Å². The number of carbonyl (C=O) groups excluding carboxylic acids is 1. The maximum Gasteiger partial charge on any atom is 0.256 e. The van der Waals surface area contributed by atoms with Gasteiger partial charge in [0, 0.05) is 57.9 Å². The summed E-state index contributed by atoms with van der Waals surface area (Å²) in [6, 6.07) is 22.1. The molecule has 1 saturated heterocycles. The van der Waals surface area contributed by atoms with Crippen molar-refractivity contribution in [1.82, 2.24) is 14.8 Å². The number of para-hydroxylation sites is 2. The second-order valence-corrected chi connectivity index (χ2v) is 7.34. The molecule has 0 radical (unpaired) electrons. The van der Waals surface area contributed by atoms with Gasteiger partial charge in [-0.3, -0.25) is 14.7 Å². The van der Waals surface area contributed by atoms with E-state index in [1.54, 1.807) is 0 Å². The fraction of sp³-hybridized carbons (Fsp3) is 0.250. The Morgan fingerprint density at radius 1 is 0.897 bits per heavy atom. The van der Waals surface area contributed by atoms with Crippen molar-refractivity contribution >= 4 is 17.3 Å². The van der Waals surface area contributed by atoms with Crippen LogP contribution >= 0.6 is 0 Å². The quantitative estimate of drug-likeness (QED) is 0.669. The molecule has 1 aliphatic heterocycles. The van der Waals surface area contributed by atoms with Gasteiger partial charge in [-0.15, -0.1) is 0 Å². The Morgan fingerprint density at radius 2 is 1.55 bits per heavy atom. The van der Waals surface area contributed by atoms with E-state index < -0.39 is 0 Å². The number of anilines is 2. The lowest BCUT2D eigenvalue weighted by atomic mass is 10.1. The average molecular weight is 386 g/mol. The maximum absolute atomic E-state index is 13.3. The van der Waals surface area contributed by atoms with Crippen molar-refractivity contribution in [2.45, 2.75) is 6.54 Å². The van der Waals surface area contributed by atoms with Crippen LogP contribution in [0.15, 0.2) is 79.1 Å². The predicted octanol–water partition coefficient (Wildman–Crippen LogP) is 3.81. The molecule has 0 unspecified atom stereocenters. The number of amides is 1. The standard InChI is InChI=1S/C24H26N4O/c1-26(21-7-3-2-4-8-21)23-10-6-5-9-22(23)24(29)28-17-15-27(16-18-28)19-20-11-13-25-14-12-20/h2-14H,15-19H2,1H3. The van der Waals surface area contributed by atoms with E-state index in [-0.39, 0.29) is 5.91 Å². The number of carbonyl (C=O) groups is 1. The molecule has 0 spiro atoms. The summed E-state index contributed by atoms with van der Waals surface area (Å²) in [6.07, 6.45) is 3.66. The van der Waals surface area contributed by atoms with E-state index >= 15 is 0 Å². The van der Waals surface area contributed by atoms with E-state index in [0.29, 0.717) is 0 Å². The molecule has 0 saturated carbocycles. The molecular weight excluding hydrogens is 360 g/mol. The highest BCUT2D eigenvalue weighted by molar-refractivity contribution is 6.00. The van der Waals surface area contributed by atoms with Crippen LogP contribution in [-0.2, 0) is 6.54 Å². The molecule has 0 bridgehead atoms. The van der Waals surface area contributed by atoms with Crippen LogP contribution in [0.4, 0.5) is 11.4 Å². The largest absolute Gasteiger partial charge is 0.344 e. The highest BCUT2D eigenvalue weighted by Gasteiger charge is 2.24. The van der Waals surface area contributed by atoms with Crippen LogP contribution in [0.5, 0.6) is 0 Å². The van der Waals surface area contributed by atoms with E-state index in [1.165, 1.54) is 5.56 Å². The second-order valence-electron chi connectivity index (χ2n) is 7.34.